The summed E-state index contributed by atoms with van der Waals surface area (Å²) < 4.78 is 5.86. The molecule has 1 saturated heterocycles. The summed E-state index contributed by atoms with van der Waals surface area (Å²) >= 11 is 0. The highest BCUT2D eigenvalue weighted by Gasteiger charge is 2.35. The van der Waals surface area contributed by atoms with E-state index in [1.54, 1.807) is 24.3 Å². The van der Waals surface area contributed by atoms with Crippen molar-refractivity contribution in [1.29, 1.82) is 0 Å². The average Bonchev–Trinajstić information content (AvgIpc) is 3.22. The minimum absolute atomic E-state index is 0.00629. The van der Waals surface area contributed by atoms with E-state index in [0.29, 0.717) is 19.4 Å². The quantitative estimate of drug-likeness (QED) is 0.714. The molecule has 1 unspecified atom stereocenters. The van der Waals surface area contributed by atoms with Crippen molar-refractivity contribution in [1.82, 2.24) is 15.2 Å². The molecule has 154 valence electrons. The number of hydrogen-bond acceptors (Lipinski definition) is 4. The minimum atomic E-state index is -0.869. The summed E-state index contributed by atoms with van der Waals surface area (Å²) in [4.78, 5) is 29.8. The van der Waals surface area contributed by atoms with Gasteiger partial charge in [-0.25, -0.2) is 4.79 Å². The number of carbonyl (C=O) groups is 2. The molecule has 0 radical (unpaired) electrons. The maximum atomic E-state index is 12.9. The van der Waals surface area contributed by atoms with Gasteiger partial charge in [0.05, 0.1) is 6.04 Å². The minimum Gasteiger partial charge on any atom is -0.481 e. The smallest absolute Gasteiger partial charge is 0.317 e. The highest BCUT2D eigenvalue weighted by molar-refractivity contribution is 5.75. The molecule has 1 aliphatic rings. The highest BCUT2D eigenvalue weighted by Crippen LogP contribution is 2.31. The van der Waals surface area contributed by atoms with Crippen LogP contribution in [0.2, 0.25) is 0 Å². The summed E-state index contributed by atoms with van der Waals surface area (Å²) in [6, 6.07) is 13.0. The Morgan fingerprint density at radius 2 is 2.07 bits per heavy atom. The molecule has 3 rings (SSSR count). The van der Waals surface area contributed by atoms with E-state index in [1.165, 1.54) is 0 Å². The molecule has 2 aromatic rings. The number of carbonyl (C=O) groups excluding carboxylic acids is 1. The lowest BCUT2D eigenvalue weighted by Crippen LogP contribution is -2.48. The standard InChI is InChI=1S/C22H27N3O4/c1-25(19-11-13-29-21(19)17-8-5-12-23-15-17)22(28)24-18(9-10-20(26)27)14-16-6-3-2-4-7-16/h2-8,12,15,18-19,21H,9-11,13-14H2,1H3,(H,24,28)(H,26,27)/t18?,19-,21+/m0/s1. The molecule has 0 saturated carbocycles. The maximum absolute atomic E-state index is 12.9. The van der Waals surface area contributed by atoms with E-state index in [2.05, 4.69) is 10.3 Å². The molecule has 0 bridgehead atoms. The van der Waals surface area contributed by atoms with Gasteiger partial charge < -0.3 is 20.1 Å². The van der Waals surface area contributed by atoms with Gasteiger partial charge in [0.15, 0.2) is 0 Å². The number of nitrogens with zero attached hydrogens (tertiary/aromatic N) is 2. The number of pyridine rings is 1. The maximum Gasteiger partial charge on any atom is 0.317 e. The molecule has 0 spiro atoms. The number of aromatic nitrogens is 1. The lowest BCUT2D eigenvalue weighted by molar-refractivity contribution is -0.137. The van der Waals surface area contributed by atoms with Crippen LogP contribution in [-0.4, -0.2) is 52.7 Å². The molecule has 7 heteroatoms. The van der Waals surface area contributed by atoms with Crippen molar-refractivity contribution in [2.45, 2.75) is 43.9 Å². The number of rotatable bonds is 8. The summed E-state index contributed by atoms with van der Waals surface area (Å²) in [5.41, 5.74) is 2.00. The molecule has 2 N–H and O–H groups in total. The van der Waals surface area contributed by atoms with Crippen molar-refractivity contribution in [3.63, 3.8) is 0 Å². The first-order chi connectivity index (χ1) is 14.0. The Labute approximate surface area is 170 Å². The van der Waals surface area contributed by atoms with Gasteiger partial charge in [-0.3, -0.25) is 9.78 Å². The fourth-order valence-electron chi connectivity index (χ4n) is 3.69. The van der Waals surface area contributed by atoms with Crippen LogP contribution in [-0.2, 0) is 16.0 Å². The first kappa shape index (κ1) is 20.8. The average molecular weight is 397 g/mol. The summed E-state index contributed by atoms with van der Waals surface area (Å²) in [6.07, 6.45) is 4.96. The Hall–Kier alpha value is -2.93. The Bertz CT molecular complexity index is 800. The Morgan fingerprint density at radius 3 is 2.76 bits per heavy atom. The lowest BCUT2D eigenvalue weighted by atomic mass is 10.0. The number of aliphatic carboxylic acids is 1. The molecule has 7 nitrogen and oxygen atoms in total. The molecule has 1 aromatic heterocycles. The third kappa shape index (κ3) is 5.77. The van der Waals surface area contributed by atoms with Crippen LogP contribution in [0.15, 0.2) is 54.9 Å². The topological polar surface area (TPSA) is 91.8 Å². The predicted octanol–water partition coefficient (Wildman–Crippen LogP) is 3.03. The number of benzene rings is 1. The van der Waals surface area contributed by atoms with Crippen LogP contribution >= 0.6 is 0 Å². The van der Waals surface area contributed by atoms with Gasteiger partial charge in [0.1, 0.15) is 6.10 Å². The third-order valence-corrected chi connectivity index (χ3v) is 5.25. The number of carboxylic acid groups (broad SMARTS) is 1. The molecule has 1 aliphatic heterocycles. The fraction of sp³-hybridized carbons (Fsp3) is 0.409. The molecule has 1 fully saturated rings. The number of ether oxygens (including phenoxy) is 1. The molecule has 3 atom stereocenters. The number of amides is 2. The van der Waals surface area contributed by atoms with Crippen LogP contribution in [0.25, 0.3) is 0 Å². The van der Waals surface area contributed by atoms with Crippen LogP contribution in [0, 0.1) is 0 Å². The van der Waals surface area contributed by atoms with Crippen LogP contribution < -0.4 is 5.32 Å². The van der Waals surface area contributed by atoms with Gasteiger partial charge >= 0.3 is 12.0 Å². The molecular weight excluding hydrogens is 370 g/mol. The zero-order valence-electron chi connectivity index (χ0n) is 16.5. The summed E-state index contributed by atoms with van der Waals surface area (Å²) in [5, 5.41) is 12.1. The normalized spacial score (nSPS) is 19.5. The molecule has 1 aromatic carbocycles. The summed E-state index contributed by atoms with van der Waals surface area (Å²) in [5.74, 6) is -0.869. The second kappa shape index (κ2) is 10.0. The van der Waals surface area contributed by atoms with Crippen molar-refractivity contribution in [3.05, 3.63) is 66.0 Å². The molecule has 0 aliphatic carbocycles. The van der Waals surface area contributed by atoms with Crippen LogP contribution in [0.5, 0.6) is 0 Å². The van der Waals surface area contributed by atoms with Crippen molar-refractivity contribution >= 4 is 12.0 Å². The predicted molar refractivity (Wildman–Crippen MR) is 108 cm³/mol. The second-order valence-corrected chi connectivity index (χ2v) is 7.31. The Balaban J connectivity index is 1.66. The van der Waals surface area contributed by atoms with Gasteiger partial charge in [-0.1, -0.05) is 36.4 Å². The number of urea groups is 1. The largest absolute Gasteiger partial charge is 0.481 e. The summed E-state index contributed by atoms with van der Waals surface area (Å²) in [7, 11) is 1.76. The highest BCUT2D eigenvalue weighted by atomic mass is 16.5. The van der Waals surface area contributed by atoms with Crippen molar-refractivity contribution in [3.8, 4) is 0 Å². The molecule has 29 heavy (non-hydrogen) atoms. The first-order valence-corrected chi connectivity index (χ1v) is 9.85. The van der Waals surface area contributed by atoms with Gasteiger partial charge in [0.25, 0.3) is 0 Å². The summed E-state index contributed by atoms with van der Waals surface area (Å²) in [6.45, 7) is 0.578. The lowest BCUT2D eigenvalue weighted by Gasteiger charge is -2.30. The zero-order valence-corrected chi connectivity index (χ0v) is 16.5. The van der Waals surface area contributed by atoms with Crippen LogP contribution in [0.3, 0.4) is 0 Å². The molecule has 2 amide bonds. The van der Waals surface area contributed by atoms with Gasteiger partial charge in [-0.05, 0) is 30.9 Å². The van der Waals surface area contributed by atoms with Crippen molar-refractivity contribution in [2.24, 2.45) is 0 Å². The Morgan fingerprint density at radius 1 is 1.28 bits per heavy atom. The van der Waals surface area contributed by atoms with Gasteiger partial charge in [-0.2, -0.15) is 0 Å². The van der Waals surface area contributed by atoms with E-state index in [9.17, 15) is 9.59 Å². The van der Waals surface area contributed by atoms with E-state index < -0.39 is 5.97 Å². The van der Waals surface area contributed by atoms with E-state index in [4.69, 9.17) is 9.84 Å². The van der Waals surface area contributed by atoms with Crippen LogP contribution in [0.1, 0.15) is 36.5 Å². The van der Waals surface area contributed by atoms with E-state index >= 15 is 0 Å². The SMILES string of the molecule is CN(C(=O)NC(CCC(=O)O)Cc1ccccc1)[C@H]1CCO[C@@H]1c1cccnc1. The van der Waals surface area contributed by atoms with Gasteiger partial charge in [0.2, 0.25) is 0 Å². The van der Waals surface area contributed by atoms with Gasteiger partial charge in [0, 0.05) is 44.1 Å². The van der Waals surface area contributed by atoms with Crippen molar-refractivity contribution in [2.75, 3.05) is 13.7 Å². The number of nitrogens with one attached hydrogen (secondary N) is 1. The number of likely N-dealkylation sites (N-methyl/N-ethyl adjacent to an activating group) is 1. The number of carboxylic acids is 1. The Kier molecular flexibility index (Phi) is 7.19. The first-order valence-electron chi connectivity index (χ1n) is 9.85. The van der Waals surface area contributed by atoms with E-state index in [-0.39, 0.29) is 30.6 Å². The molecule has 2 heterocycles. The van der Waals surface area contributed by atoms with Crippen molar-refractivity contribution < 1.29 is 19.4 Å². The van der Waals surface area contributed by atoms with E-state index in [0.717, 1.165) is 17.5 Å². The molecular formula is C22H27N3O4. The van der Waals surface area contributed by atoms with Crippen LogP contribution in [0.4, 0.5) is 4.79 Å². The monoisotopic (exact) mass is 397 g/mol. The number of hydrogen-bond donors (Lipinski definition) is 2. The van der Waals surface area contributed by atoms with E-state index in [1.807, 2.05) is 42.5 Å². The third-order valence-electron chi connectivity index (χ3n) is 5.25. The van der Waals surface area contributed by atoms with Gasteiger partial charge in [-0.15, -0.1) is 0 Å². The fourth-order valence-corrected chi connectivity index (χ4v) is 3.69. The second-order valence-electron chi connectivity index (χ2n) is 7.31. The zero-order chi connectivity index (χ0) is 20.6.